The van der Waals surface area contributed by atoms with E-state index >= 15 is 0 Å². The average molecular weight is 223 g/mol. The molecule has 0 unspecified atom stereocenters. The van der Waals surface area contributed by atoms with Crippen molar-refractivity contribution in [2.24, 2.45) is 5.92 Å². The first kappa shape index (κ1) is 11.9. The molecule has 0 spiro atoms. The maximum Gasteiger partial charge on any atom is 0.0123 e. The highest BCUT2D eigenvalue weighted by molar-refractivity contribution is 5.35. The van der Waals surface area contributed by atoms with E-state index in [0.717, 1.165) is 0 Å². The molecule has 2 aromatic rings. The van der Waals surface area contributed by atoms with Crippen molar-refractivity contribution < 1.29 is 0 Å². The van der Waals surface area contributed by atoms with Gasteiger partial charge in [-0.25, -0.2) is 0 Å². The minimum atomic E-state index is 0.400. The second-order valence-electron chi connectivity index (χ2n) is 4.74. The van der Waals surface area contributed by atoms with Crippen molar-refractivity contribution in [1.82, 2.24) is 0 Å². The fraction of sp³-hybridized carbons (Fsp3) is 0.235. The van der Waals surface area contributed by atoms with E-state index in [1.165, 1.54) is 11.1 Å². The van der Waals surface area contributed by atoms with E-state index in [1.54, 1.807) is 0 Å². The number of benzene rings is 2. The maximum atomic E-state index is 2.41. The summed E-state index contributed by atoms with van der Waals surface area (Å²) >= 11 is 0. The molecule has 0 nitrogen and oxygen atoms in total. The van der Waals surface area contributed by atoms with Gasteiger partial charge in [0.25, 0.3) is 0 Å². The third-order valence-corrected chi connectivity index (χ3v) is 2.89. The van der Waals surface area contributed by atoms with Crippen molar-refractivity contribution in [3.63, 3.8) is 0 Å². The van der Waals surface area contributed by atoms with Crippen LogP contribution >= 0.6 is 0 Å². The quantitative estimate of drug-likeness (QED) is 0.706. The Balaban J connectivity index is 2.32. The zero-order valence-corrected chi connectivity index (χ0v) is 10.5. The summed E-state index contributed by atoms with van der Waals surface area (Å²) in [6, 6.07) is 21.4. The van der Waals surface area contributed by atoms with E-state index in [9.17, 15) is 0 Å². The maximum absolute atomic E-state index is 2.41. The van der Waals surface area contributed by atoms with Crippen LogP contribution < -0.4 is 0 Å². The monoisotopic (exact) mass is 223 g/mol. The summed E-state index contributed by atoms with van der Waals surface area (Å²) in [4.78, 5) is 0. The molecule has 0 fully saturated rings. The summed E-state index contributed by atoms with van der Waals surface area (Å²) in [6.45, 7) is 4.47. The van der Waals surface area contributed by atoms with Gasteiger partial charge in [0.15, 0.2) is 0 Å². The molecule has 1 radical (unpaired) electrons. The molecule has 0 saturated heterocycles. The number of hydrogen-bond donors (Lipinski definition) is 0. The third-order valence-electron chi connectivity index (χ3n) is 2.89. The van der Waals surface area contributed by atoms with Crippen LogP contribution in [0.5, 0.6) is 0 Å². The van der Waals surface area contributed by atoms with Crippen LogP contribution in [0.25, 0.3) is 0 Å². The highest BCUT2D eigenvalue weighted by Gasteiger charge is 2.15. The molecule has 0 N–H and O–H groups in total. The lowest BCUT2D eigenvalue weighted by molar-refractivity contribution is 0.690. The lowest BCUT2D eigenvalue weighted by Gasteiger charge is -2.19. The van der Waals surface area contributed by atoms with Crippen LogP contribution in [0.15, 0.2) is 60.7 Å². The molecule has 0 aromatic heterocycles. The van der Waals surface area contributed by atoms with Gasteiger partial charge in [-0.05, 0) is 23.5 Å². The molecule has 0 atom stereocenters. The lowest BCUT2D eigenvalue weighted by atomic mass is 9.85. The van der Waals surface area contributed by atoms with Crippen molar-refractivity contribution >= 4 is 0 Å². The van der Waals surface area contributed by atoms with Crippen LogP contribution in [0.1, 0.15) is 30.9 Å². The van der Waals surface area contributed by atoms with Gasteiger partial charge >= 0.3 is 0 Å². The summed E-state index contributed by atoms with van der Waals surface area (Å²) < 4.78 is 0. The Kier molecular flexibility index (Phi) is 3.98. The minimum Gasteiger partial charge on any atom is -0.0625 e. The smallest absolute Gasteiger partial charge is 0.0123 e. The summed E-state index contributed by atoms with van der Waals surface area (Å²) in [5.74, 6) is 0.984. The first-order valence-corrected chi connectivity index (χ1v) is 6.22. The molecule has 87 valence electrons. The van der Waals surface area contributed by atoms with Gasteiger partial charge in [-0.1, -0.05) is 74.5 Å². The first-order valence-electron chi connectivity index (χ1n) is 6.22. The minimum absolute atomic E-state index is 0.400. The van der Waals surface area contributed by atoms with Crippen LogP contribution in [-0.4, -0.2) is 0 Å². The van der Waals surface area contributed by atoms with E-state index in [2.05, 4.69) is 80.9 Å². The van der Waals surface area contributed by atoms with Crippen molar-refractivity contribution in [3.8, 4) is 0 Å². The average Bonchev–Trinajstić information content (AvgIpc) is 2.38. The standard InChI is InChI=1S/C17H19/c1-14(2)13-17(15-9-5-3-6-10-15)16-11-7-4-8-12-16/h3-14,17H,1-2H3. The van der Waals surface area contributed by atoms with Crippen LogP contribution in [0.2, 0.25) is 0 Å². The molecule has 17 heavy (non-hydrogen) atoms. The normalized spacial score (nSPS) is 11.1. The van der Waals surface area contributed by atoms with Crippen molar-refractivity contribution in [1.29, 1.82) is 0 Å². The van der Waals surface area contributed by atoms with Crippen LogP contribution in [0.3, 0.4) is 0 Å². The van der Waals surface area contributed by atoms with Gasteiger partial charge in [0.2, 0.25) is 0 Å². The molecule has 0 aliphatic carbocycles. The Labute approximate surface area is 104 Å². The molecule has 2 aromatic carbocycles. The fourth-order valence-electron chi connectivity index (χ4n) is 2.12. The molecular formula is C17H19. The summed E-state index contributed by atoms with van der Waals surface area (Å²) in [6.07, 6.45) is 2.41. The molecule has 0 saturated carbocycles. The Morgan fingerprint density at radius 3 is 1.47 bits per heavy atom. The van der Waals surface area contributed by atoms with E-state index in [-0.39, 0.29) is 0 Å². The molecule has 0 bridgehead atoms. The van der Waals surface area contributed by atoms with Gasteiger partial charge in [-0.2, -0.15) is 0 Å². The van der Waals surface area contributed by atoms with Crippen LogP contribution in [-0.2, 0) is 0 Å². The predicted octanol–water partition coefficient (Wildman–Crippen LogP) is 4.68. The molecule has 0 aliphatic heterocycles. The van der Waals surface area contributed by atoms with E-state index in [1.807, 2.05) is 0 Å². The zero-order chi connectivity index (χ0) is 12.1. The van der Waals surface area contributed by atoms with Crippen molar-refractivity contribution in [2.45, 2.75) is 19.8 Å². The van der Waals surface area contributed by atoms with Crippen LogP contribution in [0.4, 0.5) is 0 Å². The predicted molar refractivity (Wildman–Crippen MR) is 73.9 cm³/mol. The molecule has 2 rings (SSSR count). The van der Waals surface area contributed by atoms with E-state index in [4.69, 9.17) is 0 Å². The Bertz CT molecular complexity index is 389. The van der Waals surface area contributed by atoms with Crippen LogP contribution in [0, 0.1) is 12.3 Å². The SMILES string of the molecule is CC(C)[CH]C(c1ccccc1)c1ccccc1. The molecule has 0 heteroatoms. The molecular weight excluding hydrogens is 204 g/mol. The van der Waals surface area contributed by atoms with E-state index < -0.39 is 0 Å². The zero-order valence-electron chi connectivity index (χ0n) is 10.5. The van der Waals surface area contributed by atoms with Crippen molar-refractivity contribution in [2.75, 3.05) is 0 Å². The lowest BCUT2D eigenvalue weighted by Crippen LogP contribution is -2.05. The second-order valence-corrected chi connectivity index (χ2v) is 4.74. The van der Waals surface area contributed by atoms with Gasteiger partial charge in [0.1, 0.15) is 0 Å². The molecule has 0 heterocycles. The molecule has 0 amide bonds. The van der Waals surface area contributed by atoms with Gasteiger partial charge in [0, 0.05) is 5.92 Å². The topological polar surface area (TPSA) is 0 Å². The summed E-state index contributed by atoms with van der Waals surface area (Å²) in [5.41, 5.74) is 2.74. The Hall–Kier alpha value is -1.56. The summed E-state index contributed by atoms with van der Waals surface area (Å²) in [5, 5.41) is 0. The van der Waals surface area contributed by atoms with Gasteiger partial charge in [-0.3, -0.25) is 0 Å². The van der Waals surface area contributed by atoms with Gasteiger partial charge in [-0.15, -0.1) is 0 Å². The van der Waals surface area contributed by atoms with Gasteiger partial charge < -0.3 is 0 Å². The number of hydrogen-bond acceptors (Lipinski definition) is 0. The third kappa shape index (κ3) is 3.20. The van der Waals surface area contributed by atoms with Crippen molar-refractivity contribution in [3.05, 3.63) is 78.2 Å². The number of rotatable bonds is 4. The first-order chi connectivity index (χ1) is 8.27. The Morgan fingerprint density at radius 2 is 1.12 bits per heavy atom. The Morgan fingerprint density at radius 1 is 0.706 bits per heavy atom. The highest BCUT2D eigenvalue weighted by atomic mass is 14.2. The largest absolute Gasteiger partial charge is 0.0625 e. The second kappa shape index (κ2) is 5.67. The molecule has 0 aliphatic rings. The van der Waals surface area contributed by atoms with E-state index in [0.29, 0.717) is 11.8 Å². The fourth-order valence-corrected chi connectivity index (χ4v) is 2.12. The summed E-state index contributed by atoms with van der Waals surface area (Å²) in [7, 11) is 0. The highest BCUT2D eigenvalue weighted by Crippen LogP contribution is 2.29. The van der Waals surface area contributed by atoms with Gasteiger partial charge in [0.05, 0.1) is 0 Å².